The SMILES string of the molecule is O=C(CC1CCOCC1)CC1CCC(CCN2CCN(c3cccc4c3OCO4)CC2)CC1. The first-order valence-corrected chi connectivity index (χ1v) is 13.2. The first-order chi connectivity index (χ1) is 16.2. The summed E-state index contributed by atoms with van der Waals surface area (Å²) in [4.78, 5) is 17.6. The molecule has 3 aliphatic heterocycles. The van der Waals surface area contributed by atoms with Crippen LogP contribution in [-0.4, -0.2) is 63.4 Å². The van der Waals surface area contributed by atoms with E-state index in [0.29, 0.717) is 24.4 Å². The average Bonchev–Trinajstić information content (AvgIpc) is 3.34. The van der Waals surface area contributed by atoms with Gasteiger partial charge in [0, 0.05) is 52.2 Å². The van der Waals surface area contributed by atoms with E-state index < -0.39 is 0 Å². The topological polar surface area (TPSA) is 51.2 Å². The van der Waals surface area contributed by atoms with Crippen LogP contribution < -0.4 is 14.4 Å². The molecule has 4 aliphatic rings. The number of Topliss-reactive ketones (excluding diaryl/α,β-unsaturated/α-hetero) is 1. The average molecular weight is 457 g/mol. The Morgan fingerprint density at radius 2 is 1.55 bits per heavy atom. The predicted octanol–water partition coefficient (Wildman–Crippen LogP) is 4.51. The van der Waals surface area contributed by atoms with Gasteiger partial charge in [-0.05, 0) is 68.5 Å². The Morgan fingerprint density at radius 1 is 0.848 bits per heavy atom. The molecule has 182 valence electrons. The van der Waals surface area contributed by atoms with Crippen LogP contribution >= 0.6 is 0 Å². The molecule has 5 rings (SSSR count). The van der Waals surface area contributed by atoms with Crippen LogP contribution in [0, 0.1) is 17.8 Å². The van der Waals surface area contributed by atoms with Crippen LogP contribution in [0.2, 0.25) is 0 Å². The Morgan fingerprint density at radius 3 is 2.30 bits per heavy atom. The lowest BCUT2D eigenvalue weighted by molar-refractivity contribution is -0.121. The van der Waals surface area contributed by atoms with Gasteiger partial charge in [-0.3, -0.25) is 9.69 Å². The highest BCUT2D eigenvalue weighted by Crippen LogP contribution is 2.41. The molecule has 3 heterocycles. The number of hydrogen-bond acceptors (Lipinski definition) is 6. The monoisotopic (exact) mass is 456 g/mol. The Hall–Kier alpha value is -1.79. The quantitative estimate of drug-likeness (QED) is 0.574. The Kier molecular flexibility index (Phi) is 7.72. The molecule has 0 atom stereocenters. The third kappa shape index (κ3) is 6.02. The molecule has 6 nitrogen and oxygen atoms in total. The highest BCUT2D eigenvalue weighted by atomic mass is 16.7. The van der Waals surface area contributed by atoms with E-state index in [1.807, 2.05) is 6.07 Å². The highest BCUT2D eigenvalue weighted by molar-refractivity contribution is 5.78. The van der Waals surface area contributed by atoms with E-state index in [4.69, 9.17) is 14.2 Å². The van der Waals surface area contributed by atoms with Crippen LogP contribution in [0.3, 0.4) is 0 Å². The number of anilines is 1. The first kappa shape index (κ1) is 23.0. The number of ether oxygens (including phenoxy) is 3. The van der Waals surface area contributed by atoms with E-state index in [2.05, 4.69) is 21.9 Å². The van der Waals surface area contributed by atoms with Crippen LogP contribution in [0.15, 0.2) is 18.2 Å². The Labute approximate surface area is 198 Å². The van der Waals surface area contributed by atoms with Gasteiger partial charge < -0.3 is 19.1 Å². The van der Waals surface area contributed by atoms with Crippen LogP contribution in [0.4, 0.5) is 5.69 Å². The lowest BCUT2D eigenvalue weighted by Gasteiger charge is -2.37. The van der Waals surface area contributed by atoms with Crippen molar-refractivity contribution in [2.24, 2.45) is 17.8 Å². The molecule has 1 aromatic rings. The molecule has 0 radical (unpaired) electrons. The van der Waals surface area contributed by atoms with Crippen molar-refractivity contribution in [2.45, 2.75) is 57.8 Å². The van der Waals surface area contributed by atoms with Crippen molar-refractivity contribution >= 4 is 11.5 Å². The number of para-hydroxylation sites is 1. The van der Waals surface area contributed by atoms with Crippen LogP contribution in [0.25, 0.3) is 0 Å². The molecule has 0 aromatic heterocycles. The Balaban J connectivity index is 0.980. The minimum absolute atomic E-state index is 0.332. The van der Waals surface area contributed by atoms with E-state index in [1.54, 1.807) is 0 Å². The molecule has 33 heavy (non-hydrogen) atoms. The first-order valence-electron chi connectivity index (χ1n) is 13.2. The second kappa shape index (κ2) is 11.1. The number of fused-ring (bicyclic) bond motifs is 1. The molecule has 2 saturated heterocycles. The highest BCUT2D eigenvalue weighted by Gasteiger charge is 2.27. The van der Waals surface area contributed by atoms with Crippen molar-refractivity contribution in [3.63, 3.8) is 0 Å². The molecule has 0 spiro atoms. The van der Waals surface area contributed by atoms with Crippen LogP contribution in [-0.2, 0) is 9.53 Å². The summed E-state index contributed by atoms with van der Waals surface area (Å²) in [5.74, 6) is 4.34. The van der Waals surface area contributed by atoms with E-state index >= 15 is 0 Å². The molecule has 0 unspecified atom stereocenters. The van der Waals surface area contributed by atoms with Gasteiger partial charge in [0.1, 0.15) is 5.78 Å². The molecule has 0 bridgehead atoms. The number of rotatable bonds is 8. The maximum Gasteiger partial charge on any atom is 0.231 e. The Bertz CT molecular complexity index is 778. The van der Waals surface area contributed by atoms with Gasteiger partial charge >= 0.3 is 0 Å². The van der Waals surface area contributed by atoms with Crippen LogP contribution in [0.1, 0.15) is 57.8 Å². The number of nitrogens with zero attached hydrogens (tertiary/aromatic N) is 2. The van der Waals surface area contributed by atoms with Crippen molar-refractivity contribution in [3.05, 3.63) is 18.2 Å². The van der Waals surface area contributed by atoms with Crippen molar-refractivity contribution in [3.8, 4) is 11.5 Å². The maximum atomic E-state index is 12.5. The lowest BCUT2D eigenvalue weighted by atomic mass is 9.77. The molecule has 1 aromatic carbocycles. The number of ketones is 1. The summed E-state index contributed by atoms with van der Waals surface area (Å²) in [5.41, 5.74) is 1.18. The smallest absolute Gasteiger partial charge is 0.231 e. The van der Waals surface area contributed by atoms with Gasteiger partial charge in [0.25, 0.3) is 0 Å². The summed E-state index contributed by atoms with van der Waals surface area (Å²) in [6, 6.07) is 6.19. The predicted molar refractivity (Wildman–Crippen MR) is 129 cm³/mol. The number of carbonyl (C=O) groups excluding carboxylic acids is 1. The summed E-state index contributed by atoms with van der Waals surface area (Å²) >= 11 is 0. The number of carbonyl (C=O) groups is 1. The van der Waals surface area contributed by atoms with Crippen molar-refractivity contribution < 1.29 is 19.0 Å². The summed E-state index contributed by atoms with van der Waals surface area (Å²) in [6.45, 7) is 7.53. The van der Waals surface area contributed by atoms with Gasteiger partial charge in [0.2, 0.25) is 6.79 Å². The van der Waals surface area contributed by atoms with Gasteiger partial charge in [-0.2, -0.15) is 0 Å². The summed E-state index contributed by atoms with van der Waals surface area (Å²) in [6.07, 6.45) is 10.2. The fraction of sp³-hybridized carbons (Fsp3) is 0.741. The standard InChI is InChI=1S/C27H40N2O4/c30-24(19-23-9-16-31-17-10-23)18-22-6-4-21(5-7-22)8-11-28-12-14-29(15-13-28)25-2-1-3-26-27(25)33-20-32-26/h1-3,21-23H,4-20H2. The number of hydrogen-bond donors (Lipinski definition) is 0. The largest absolute Gasteiger partial charge is 0.454 e. The molecule has 3 fully saturated rings. The van der Waals surface area contributed by atoms with E-state index in [-0.39, 0.29) is 0 Å². The number of benzene rings is 1. The van der Waals surface area contributed by atoms with Gasteiger partial charge in [-0.15, -0.1) is 0 Å². The van der Waals surface area contributed by atoms with E-state index in [9.17, 15) is 4.79 Å². The minimum Gasteiger partial charge on any atom is -0.454 e. The zero-order valence-corrected chi connectivity index (χ0v) is 20.0. The molecule has 0 amide bonds. The van der Waals surface area contributed by atoms with Gasteiger partial charge in [0.05, 0.1) is 5.69 Å². The van der Waals surface area contributed by atoms with E-state index in [1.165, 1.54) is 44.3 Å². The number of piperazine rings is 1. The molecule has 6 heteroatoms. The van der Waals surface area contributed by atoms with Gasteiger partial charge in [0.15, 0.2) is 11.5 Å². The molecule has 1 saturated carbocycles. The van der Waals surface area contributed by atoms with Crippen LogP contribution in [0.5, 0.6) is 11.5 Å². The minimum atomic E-state index is 0.332. The zero-order valence-electron chi connectivity index (χ0n) is 20.0. The second-order valence-electron chi connectivity index (χ2n) is 10.5. The van der Waals surface area contributed by atoms with Crippen molar-refractivity contribution in [1.82, 2.24) is 4.90 Å². The molecular weight excluding hydrogens is 416 g/mol. The fourth-order valence-electron chi connectivity index (χ4n) is 6.14. The van der Waals surface area contributed by atoms with Gasteiger partial charge in [-0.1, -0.05) is 18.9 Å². The summed E-state index contributed by atoms with van der Waals surface area (Å²) in [5, 5.41) is 0. The zero-order chi connectivity index (χ0) is 22.5. The summed E-state index contributed by atoms with van der Waals surface area (Å²) in [7, 11) is 0. The summed E-state index contributed by atoms with van der Waals surface area (Å²) < 4.78 is 16.7. The fourth-order valence-corrected chi connectivity index (χ4v) is 6.14. The van der Waals surface area contributed by atoms with E-state index in [0.717, 1.165) is 82.5 Å². The molecule has 1 aliphatic carbocycles. The lowest BCUT2D eigenvalue weighted by Crippen LogP contribution is -2.47. The second-order valence-corrected chi connectivity index (χ2v) is 10.5. The molecular formula is C27H40N2O4. The maximum absolute atomic E-state index is 12.5. The normalized spacial score (nSPS) is 26.5. The molecule has 0 N–H and O–H groups in total. The van der Waals surface area contributed by atoms with Gasteiger partial charge in [-0.25, -0.2) is 0 Å². The van der Waals surface area contributed by atoms with Crippen molar-refractivity contribution in [2.75, 3.05) is 57.6 Å². The van der Waals surface area contributed by atoms with Crippen molar-refractivity contribution in [1.29, 1.82) is 0 Å². The third-order valence-electron chi connectivity index (χ3n) is 8.28. The third-order valence-corrected chi connectivity index (χ3v) is 8.28.